The highest BCUT2D eigenvalue weighted by atomic mass is 16.5. The molecule has 0 bridgehead atoms. The van der Waals surface area contributed by atoms with E-state index in [4.69, 9.17) is 4.74 Å². The standard InChI is InChI=1S/C18H38O2/c1-4-6-8-10-12-14-17(13-11-9-7-5-2)15-18(19)16-20-3/h17-19H,4-16H2,1-3H3. The molecule has 2 unspecified atom stereocenters. The van der Waals surface area contributed by atoms with E-state index >= 15 is 0 Å². The number of aliphatic hydroxyl groups excluding tert-OH is 1. The van der Waals surface area contributed by atoms with E-state index in [1.807, 2.05) is 0 Å². The van der Waals surface area contributed by atoms with Gasteiger partial charge in [0, 0.05) is 7.11 Å². The normalized spacial score (nSPS) is 14.4. The molecular formula is C18H38O2. The number of hydrogen-bond donors (Lipinski definition) is 1. The Kier molecular flexibility index (Phi) is 15.3. The van der Waals surface area contributed by atoms with Gasteiger partial charge in [-0.25, -0.2) is 0 Å². The van der Waals surface area contributed by atoms with Crippen molar-refractivity contribution in [2.24, 2.45) is 5.92 Å². The number of aliphatic hydroxyl groups is 1. The fourth-order valence-electron chi connectivity index (χ4n) is 2.92. The van der Waals surface area contributed by atoms with Crippen LogP contribution in [0.4, 0.5) is 0 Å². The lowest BCUT2D eigenvalue weighted by Gasteiger charge is -2.20. The van der Waals surface area contributed by atoms with Gasteiger partial charge in [0.2, 0.25) is 0 Å². The second-order valence-electron chi connectivity index (χ2n) is 6.26. The molecule has 0 radical (unpaired) electrons. The summed E-state index contributed by atoms with van der Waals surface area (Å²) in [6.07, 6.45) is 15.3. The van der Waals surface area contributed by atoms with E-state index in [9.17, 15) is 5.11 Å². The molecule has 0 aliphatic carbocycles. The van der Waals surface area contributed by atoms with Crippen LogP contribution in [0.25, 0.3) is 0 Å². The van der Waals surface area contributed by atoms with Gasteiger partial charge in [-0.1, -0.05) is 84.5 Å². The Labute approximate surface area is 127 Å². The van der Waals surface area contributed by atoms with Crippen LogP contribution in [-0.4, -0.2) is 24.9 Å². The number of ether oxygens (including phenoxy) is 1. The molecule has 0 heterocycles. The third kappa shape index (κ3) is 12.9. The molecule has 2 atom stereocenters. The van der Waals surface area contributed by atoms with Gasteiger partial charge in [0.25, 0.3) is 0 Å². The smallest absolute Gasteiger partial charge is 0.0776 e. The molecule has 0 amide bonds. The summed E-state index contributed by atoms with van der Waals surface area (Å²) in [5.74, 6) is 0.693. The minimum Gasteiger partial charge on any atom is -0.391 e. The van der Waals surface area contributed by atoms with Gasteiger partial charge >= 0.3 is 0 Å². The van der Waals surface area contributed by atoms with Crippen molar-refractivity contribution >= 4 is 0 Å². The molecule has 0 aromatic rings. The molecule has 0 spiro atoms. The van der Waals surface area contributed by atoms with Crippen LogP contribution >= 0.6 is 0 Å². The molecule has 0 aliphatic heterocycles. The summed E-state index contributed by atoms with van der Waals surface area (Å²) in [6, 6.07) is 0. The summed E-state index contributed by atoms with van der Waals surface area (Å²) < 4.78 is 5.06. The molecule has 0 rings (SSSR count). The molecule has 0 fully saturated rings. The largest absolute Gasteiger partial charge is 0.391 e. The Bertz CT molecular complexity index is 182. The van der Waals surface area contributed by atoms with Crippen LogP contribution in [0, 0.1) is 5.92 Å². The van der Waals surface area contributed by atoms with Crippen molar-refractivity contribution in [1.82, 2.24) is 0 Å². The lowest BCUT2D eigenvalue weighted by Crippen LogP contribution is -2.19. The molecule has 2 nitrogen and oxygen atoms in total. The Morgan fingerprint density at radius 1 is 0.800 bits per heavy atom. The topological polar surface area (TPSA) is 29.5 Å². The van der Waals surface area contributed by atoms with Gasteiger partial charge in [0.15, 0.2) is 0 Å². The number of hydrogen-bond acceptors (Lipinski definition) is 2. The Morgan fingerprint density at radius 3 is 1.80 bits per heavy atom. The summed E-state index contributed by atoms with van der Waals surface area (Å²) in [6.45, 7) is 5.01. The third-order valence-electron chi connectivity index (χ3n) is 4.15. The van der Waals surface area contributed by atoms with Crippen molar-refractivity contribution in [3.63, 3.8) is 0 Å². The second-order valence-corrected chi connectivity index (χ2v) is 6.26. The maximum absolute atomic E-state index is 9.94. The van der Waals surface area contributed by atoms with E-state index < -0.39 is 0 Å². The monoisotopic (exact) mass is 286 g/mol. The average Bonchev–Trinajstić information content (AvgIpc) is 2.43. The fourth-order valence-corrected chi connectivity index (χ4v) is 2.92. The first-order chi connectivity index (χ1) is 9.74. The zero-order valence-electron chi connectivity index (χ0n) is 14.2. The minimum absolute atomic E-state index is 0.271. The molecule has 0 saturated heterocycles. The van der Waals surface area contributed by atoms with E-state index in [1.165, 1.54) is 70.6 Å². The van der Waals surface area contributed by atoms with Crippen molar-refractivity contribution in [2.45, 2.75) is 97.0 Å². The molecular weight excluding hydrogens is 248 g/mol. The Morgan fingerprint density at radius 2 is 1.30 bits per heavy atom. The molecule has 1 N–H and O–H groups in total. The lowest BCUT2D eigenvalue weighted by atomic mass is 9.90. The van der Waals surface area contributed by atoms with Crippen LogP contribution in [0.5, 0.6) is 0 Å². The summed E-state index contributed by atoms with van der Waals surface area (Å²) in [7, 11) is 1.67. The number of unbranched alkanes of at least 4 members (excludes halogenated alkanes) is 7. The predicted molar refractivity (Wildman–Crippen MR) is 88.1 cm³/mol. The SMILES string of the molecule is CCCCCCCC(CCCCCC)CC(O)COC. The Hall–Kier alpha value is -0.0800. The molecule has 20 heavy (non-hydrogen) atoms. The highest BCUT2D eigenvalue weighted by molar-refractivity contribution is 4.66. The maximum Gasteiger partial charge on any atom is 0.0776 e. The van der Waals surface area contributed by atoms with Gasteiger partial charge in [0.1, 0.15) is 0 Å². The first kappa shape index (κ1) is 19.9. The van der Waals surface area contributed by atoms with E-state index in [0.29, 0.717) is 12.5 Å². The van der Waals surface area contributed by atoms with E-state index in [1.54, 1.807) is 7.11 Å². The van der Waals surface area contributed by atoms with E-state index in [0.717, 1.165) is 6.42 Å². The zero-order chi connectivity index (χ0) is 15.1. The van der Waals surface area contributed by atoms with Crippen LogP contribution < -0.4 is 0 Å². The zero-order valence-corrected chi connectivity index (χ0v) is 14.2. The van der Waals surface area contributed by atoms with Crippen LogP contribution in [0.15, 0.2) is 0 Å². The molecule has 2 heteroatoms. The highest BCUT2D eigenvalue weighted by Gasteiger charge is 2.14. The van der Waals surface area contributed by atoms with Crippen LogP contribution in [0.2, 0.25) is 0 Å². The minimum atomic E-state index is -0.271. The number of rotatable bonds is 15. The van der Waals surface area contributed by atoms with Gasteiger partial charge in [-0.05, 0) is 12.3 Å². The van der Waals surface area contributed by atoms with Crippen molar-refractivity contribution in [1.29, 1.82) is 0 Å². The van der Waals surface area contributed by atoms with Gasteiger partial charge in [-0.2, -0.15) is 0 Å². The van der Waals surface area contributed by atoms with Crippen molar-refractivity contribution in [2.75, 3.05) is 13.7 Å². The molecule has 122 valence electrons. The average molecular weight is 286 g/mol. The predicted octanol–water partition coefficient (Wildman–Crippen LogP) is 5.33. The van der Waals surface area contributed by atoms with Gasteiger partial charge < -0.3 is 9.84 Å². The van der Waals surface area contributed by atoms with Gasteiger partial charge in [-0.15, -0.1) is 0 Å². The molecule has 0 aromatic carbocycles. The summed E-state index contributed by atoms with van der Waals surface area (Å²) in [4.78, 5) is 0. The first-order valence-corrected chi connectivity index (χ1v) is 8.91. The van der Waals surface area contributed by atoms with Crippen LogP contribution in [0.1, 0.15) is 90.9 Å². The van der Waals surface area contributed by atoms with Crippen molar-refractivity contribution < 1.29 is 9.84 Å². The summed E-state index contributed by atoms with van der Waals surface area (Å²) in [5.41, 5.74) is 0. The summed E-state index contributed by atoms with van der Waals surface area (Å²) >= 11 is 0. The quantitative estimate of drug-likeness (QED) is 0.412. The molecule has 0 aromatic heterocycles. The summed E-state index contributed by atoms with van der Waals surface area (Å²) in [5, 5.41) is 9.94. The number of methoxy groups -OCH3 is 1. The van der Waals surface area contributed by atoms with Crippen LogP contribution in [-0.2, 0) is 4.74 Å². The van der Waals surface area contributed by atoms with Crippen LogP contribution in [0.3, 0.4) is 0 Å². The fraction of sp³-hybridized carbons (Fsp3) is 1.00. The molecule has 0 aliphatic rings. The van der Waals surface area contributed by atoms with E-state index in [-0.39, 0.29) is 6.10 Å². The van der Waals surface area contributed by atoms with Crippen molar-refractivity contribution in [3.05, 3.63) is 0 Å². The van der Waals surface area contributed by atoms with Gasteiger partial charge in [-0.3, -0.25) is 0 Å². The van der Waals surface area contributed by atoms with Crippen molar-refractivity contribution in [3.8, 4) is 0 Å². The first-order valence-electron chi connectivity index (χ1n) is 8.91. The maximum atomic E-state index is 9.94. The molecule has 0 saturated carbocycles. The van der Waals surface area contributed by atoms with E-state index in [2.05, 4.69) is 13.8 Å². The Balaban J connectivity index is 3.84. The highest BCUT2D eigenvalue weighted by Crippen LogP contribution is 2.23. The van der Waals surface area contributed by atoms with Gasteiger partial charge in [0.05, 0.1) is 12.7 Å². The third-order valence-corrected chi connectivity index (χ3v) is 4.15. The lowest BCUT2D eigenvalue weighted by molar-refractivity contribution is 0.0457. The second kappa shape index (κ2) is 15.3.